The van der Waals surface area contributed by atoms with Crippen molar-refractivity contribution in [3.8, 4) is 0 Å². The number of amides is 1. The summed E-state index contributed by atoms with van der Waals surface area (Å²) in [5, 5.41) is 2.79. The second-order valence-electron chi connectivity index (χ2n) is 7.99. The minimum absolute atomic E-state index is 0.217. The first-order chi connectivity index (χ1) is 13.2. The van der Waals surface area contributed by atoms with Gasteiger partial charge in [0, 0.05) is 30.9 Å². The van der Waals surface area contributed by atoms with Crippen LogP contribution in [0.2, 0.25) is 0 Å². The molecule has 1 heterocycles. The highest BCUT2D eigenvalue weighted by Crippen LogP contribution is 2.49. The Kier molecular flexibility index (Phi) is 5.62. The third-order valence-corrected chi connectivity index (χ3v) is 6.20. The molecule has 6 nitrogen and oxygen atoms in total. The van der Waals surface area contributed by atoms with Crippen LogP contribution in [0.1, 0.15) is 32.1 Å². The van der Waals surface area contributed by atoms with Gasteiger partial charge in [-0.2, -0.15) is 0 Å². The van der Waals surface area contributed by atoms with Crippen LogP contribution in [0.25, 0.3) is 0 Å². The number of ether oxygens (including phenoxy) is 2. The third-order valence-electron chi connectivity index (χ3n) is 6.20. The molecule has 3 aliphatic rings. The summed E-state index contributed by atoms with van der Waals surface area (Å²) in [6.45, 7) is 3.03. The molecule has 1 aromatic rings. The molecule has 146 valence electrons. The first kappa shape index (κ1) is 18.3. The van der Waals surface area contributed by atoms with Gasteiger partial charge in [-0.05, 0) is 61.3 Å². The molecule has 3 atom stereocenters. The molecule has 0 spiro atoms. The second-order valence-corrected chi connectivity index (χ2v) is 7.99. The molecule has 2 saturated carbocycles. The van der Waals surface area contributed by atoms with E-state index < -0.39 is 0 Å². The van der Waals surface area contributed by atoms with Crippen LogP contribution in [-0.4, -0.2) is 44.8 Å². The van der Waals surface area contributed by atoms with Crippen LogP contribution in [-0.2, 0) is 19.1 Å². The number of morpholine rings is 1. The summed E-state index contributed by atoms with van der Waals surface area (Å²) in [5.74, 6) is 1.44. The van der Waals surface area contributed by atoms with Crippen molar-refractivity contribution in [2.45, 2.75) is 32.1 Å². The average molecular weight is 372 g/mol. The minimum atomic E-state index is -0.296. The largest absolute Gasteiger partial charge is 0.456 e. The molecule has 6 heteroatoms. The van der Waals surface area contributed by atoms with Crippen molar-refractivity contribution in [2.75, 3.05) is 43.1 Å². The molecule has 0 radical (unpaired) electrons. The smallest absolute Gasteiger partial charge is 0.306 e. The SMILES string of the molecule is O=C(COC(=O)C[C@H]1C[C@H]2CC[C@@H]1C2)Nc1ccc(N2CCOCC2)cc1. The van der Waals surface area contributed by atoms with E-state index in [0.29, 0.717) is 23.9 Å². The monoisotopic (exact) mass is 372 g/mol. The topological polar surface area (TPSA) is 67.9 Å². The average Bonchev–Trinajstić information content (AvgIpc) is 3.31. The Morgan fingerprint density at radius 3 is 2.56 bits per heavy atom. The normalized spacial score (nSPS) is 26.8. The maximum atomic E-state index is 12.1. The first-order valence-electron chi connectivity index (χ1n) is 10.1. The number of fused-ring (bicyclic) bond motifs is 2. The lowest BCUT2D eigenvalue weighted by atomic mass is 9.86. The number of hydrogen-bond acceptors (Lipinski definition) is 5. The summed E-state index contributed by atoms with van der Waals surface area (Å²) in [6, 6.07) is 7.73. The Labute approximate surface area is 160 Å². The number of benzene rings is 1. The molecule has 1 saturated heterocycles. The van der Waals surface area contributed by atoms with Crippen molar-refractivity contribution in [3.05, 3.63) is 24.3 Å². The number of anilines is 2. The lowest BCUT2D eigenvalue weighted by Gasteiger charge is -2.28. The zero-order valence-electron chi connectivity index (χ0n) is 15.7. The maximum Gasteiger partial charge on any atom is 0.306 e. The molecular formula is C21H28N2O4. The molecule has 1 amide bonds. The molecule has 2 bridgehead atoms. The maximum absolute atomic E-state index is 12.1. The highest BCUT2D eigenvalue weighted by molar-refractivity contribution is 5.92. The van der Waals surface area contributed by atoms with Gasteiger partial charge in [-0.25, -0.2) is 0 Å². The molecule has 27 heavy (non-hydrogen) atoms. The van der Waals surface area contributed by atoms with Crippen LogP contribution in [0.3, 0.4) is 0 Å². The van der Waals surface area contributed by atoms with Gasteiger partial charge in [0.25, 0.3) is 5.91 Å². The second kappa shape index (κ2) is 8.30. The Morgan fingerprint density at radius 2 is 1.89 bits per heavy atom. The quantitative estimate of drug-likeness (QED) is 0.778. The fraction of sp³-hybridized carbons (Fsp3) is 0.619. The van der Waals surface area contributed by atoms with Gasteiger partial charge in [-0.1, -0.05) is 6.42 Å². The molecule has 0 aromatic heterocycles. The Morgan fingerprint density at radius 1 is 1.11 bits per heavy atom. The van der Waals surface area contributed by atoms with Gasteiger partial charge in [0.05, 0.1) is 13.2 Å². The molecule has 1 N–H and O–H groups in total. The lowest BCUT2D eigenvalue weighted by molar-refractivity contribution is -0.148. The van der Waals surface area contributed by atoms with E-state index in [0.717, 1.165) is 44.3 Å². The summed E-state index contributed by atoms with van der Waals surface area (Å²) in [5.41, 5.74) is 1.83. The van der Waals surface area contributed by atoms with Gasteiger partial charge in [0.1, 0.15) is 0 Å². The number of carbonyl (C=O) groups excluding carboxylic acids is 2. The summed E-state index contributed by atoms with van der Waals surface area (Å²) >= 11 is 0. The molecule has 1 aliphatic heterocycles. The van der Waals surface area contributed by atoms with Crippen molar-refractivity contribution < 1.29 is 19.1 Å². The predicted molar refractivity (Wildman–Crippen MR) is 103 cm³/mol. The summed E-state index contributed by atoms with van der Waals surface area (Å²) in [6.07, 6.45) is 5.47. The number of rotatable bonds is 6. The van der Waals surface area contributed by atoms with Crippen molar-refractivity contribution in [1.29, 1.82) is 0 Å². The van der Waals surface area contributed by atoms with Gasteiger partial charge < -0.3 is 19.7 Å². The third kappa shape index (κ3) is 4.61. The predicted octanol–water partition coefficient (Wildman–Crippen LogP) is 2.83. The van der Waals surface area contributed by atoms with Crippen LogP contribution in [0, 0.1) is 17.8 Å². The van der Waals surface area contributed by atoms with E-state index in [-0.39, 0.29) is 18.5 Å². The molecule has 3 fully saturated rings. The van der Waals surface area contributed by atoms with Crippen molar-refractivity contribution in [3.63, 3.8) is 0 Å². The van der Waals surface area contributed by atoms with E-state index in [2.05, 4.69) is 10.2 Å². The minimum Gasteiger partial charge on any atom is -0.456 e. The van der Waals surface area contributed by atoms with E-state index in [1.54, 1.807) is 0 Å². The van der Waals surface area contributed by atoms with Gasteiger partial charge in [-0.15, -0.1) is 0 Å². The fourth-order valence-electron chi connectivity index (χ4n) is 4.82. The summed E-state index contributed by atoms with van der Waals surface area (Å²) < 4.78 is 10.6. The van der Waals surface area contributed by atoms with Crippen molar-refractivity contribution in [2.24, 2.45) is 17.8 Å². The van der Waals surface area contributed by atoms with E-state index in [9.17, 15) is 9.59 Å². The zero-order chi connectivity index (χ0) is 18.6. The summed E-state index contributed by atoms with van der Waals surface area (Å²) in [7, 11) is 0. The Balaban J connectivity index is 1.19. The van der Waals surface area contributed by atoms with E-state index in [1.165, 1.54) is 19.3 Å². The standard InChI is InChI=1S/C21H28N2O4/c24-20(14-27-21(25)13-17-12-15-1-2-16(17)11-15)22-18-3-5-19(6-4-18)23-7-9-26-10-8-23/h3-6,15-17H,1-2,7-14H2,(H,22,24)/t15-,16+,17+/m0/s1. The fourth-order valence-corrected chi connectivity index (χ4v) is 4.82. The van der Waals surface area contributed by atoms with Crippen LogP contribution in [0.5, 0.6) is 0 Å². The van der Waals surface area contributed by atoms with Crippen LogP contribution >= 0.6 is 0 Å². The van der Waals surface area contributed by atoms with E-state index in [1.807, 2.05) is 24.3 Å². The molecule has 1 aromatic carbocycles. The van der Waals surface area contributed by atoms with Crippen LogP contribution in [0.4, 0.5) is 11.4 Å². The van der Waals surface area contributed by atoms with Gasteiger partial charge >= 0.3 is 5.97 Å². The molecule has 4 rings (SSSR count). The Bertz CT molecular complexity index is 669. The number of nitrogens with one attached hydrogen (secondary N) is 1. The van der Waals surface area contributed by atoms with Gasteiger partial charge in [0.2, 0.25) is 0 Å². The lowest BCUT2D eigenvalue weighted by Crippen LogP contribution is -2.36. The highest BCUT2D eigenvalue weighted by atomic mass is 16.5. The summed E-state index contributed by atoms with van der Waals surface area (Å²) in [4.78, 5) is 26.3. The number of esters is 1. The first-order valence-corrected chi connectivity index (χ1v) is 10.1. The molecule has 2 aliphatic carbocycles. The van der Waals surface area contributed by atoms with E-state index >= 15 is 0 Å². The van der Waals surface area contributed by atoms with Crippen molar-refractivity contribution >= 4 is 23.3 Å². The van der Waals surface area contributed by atoms with Gasteiger partial charge in [-0.3, -0.25) is 9.59 Å². The zero-order valence-corrected chi connectivity index (χ0v) is 15.7. The highest BCUT2D eigenvalue weighted by Gasteiger charge is 2.40. The Hall–Kier alpha value is -2.08. The van der Waals surface area contributed by atoms with Gasteiger partial charge in [0.15, 0.2) is 6.61 Å². The number of nitrogens with zero attached hydrogens (tertiary/aromatic N) is 1. The van der Waals surface area contributed by atoms with Crippen LogP contribution < -0.4 is 10.2 Å². The van der Waals surface area contributed by atoms with E-state index in [4.69, 9.17) is 9.47 Å². The van der Waals surface area contributed by atoms with Crippen LogP contribution in [0.15, 0.2) is 24.3 Å². The number of hydrogen-bond donors (Lipinski definition) is 1. The molecule has 0 unspecified atom stereocenters. The molecular weight excluding hydrogens is 344 g/mol. The number of carbonyl (C=O) groups is 2. The van der Waals surface area contributed by atoms with Crippen molar-refractivity contribution in [1.82, 2.24) is 0 Å².